The van der Waals surface area contributed by atoms with E-state index in [4.69, 9.17) is 0 Å². The maximum absolute atomic E-state index is 11.5. The second kappa shape index (κ2) is 5.36. The summed E-state index contributed by atoms with van der Waals surface area (Å²) in [6.45, 7) is 1.93. The number of carbonyl (C=O) groups excluding carboxylic acids is 1. The fourth-order valence-corrected chi connectivity index (χ4v) is 1.80. The summed E-state index contributed by atoms with van der Waals surface area (Å²) in [5.74, 6) is 0.325. The van der Waals surface area contributed by atoms with Gasteiger partial charge in [0.15, 0.2) is 0 Å². The summed E-state index contributed by atoms with van der Waals surface area (Å²) >= 11 is 1.55. The smallest absolute Gasteiger partial charge is 0.249 e. The molecular weight excluding hydrogens is 234 g/mol. The summed E-state index contributed by atoms with van der Waals surface area (Å²) in [5.41, 5.74) is 0.795. The number of hydrogen-bond donors (Lipinski definition) is 1. The normalized spacial score (nSPS) is 10.6. The number of thiazole rings is 1. The molecule has 1 amide bonds. The minimum atomic E-state index is -0.214. The number of hydrogen-bond acceptors (Lipinski definition) is 4. The minimum absolute atomic E-state index is 0.214. The van der Waals surface area contributed by atoms with Crippen molar-refractivity contribution in [1.29, 1.82) is 0 Å². The molecule has 0 radical (unpaired) electrons. The van der Waals surface area contributed by atoms with Crippen molar-refractivity contribution in [3.05, 3.63) is 46.6 Å². The van der Waals surface area contributed by atoms with Crippen molar-refractivity contribution in [2.24, 2.45) is 0 Å². The zero-order chi connectivity index (χ0) is 12.1. The van der Waals surface area contributed by atoms with Crippen LogP contribution in [0.15, 0.2) is 35.9 Å². The van der Waals surface area contributed by atoms with Crippen molar-refractivity contribution >= 4 is 29.1 Å². The van der Waals surface area contributed by atoms with Gasteiger partial charge in [-0.05, 0) is 25.1 Å². The van der Waals surface area contributed by atoms with Crippen LogP contribution in [0.3, 0.4) is 0 Å². The lowest BCUT2D eigenvalue weighted by Crippen LogP contribution is -2.08. The average molecular weight is 245 g/mol. The molecule has 2 aromatic rings. The van der Waals surface area contributed by atoms with E-state index in [9.17, 15) is 4.79 Å². The van der Waals surface area contributed by atoms with Crippen LogP contribution >= 0.6 is 11.3 Å². The Morgan fingerprint density at radius 1 is 1.47 bits per heavy atom. The van der Waals surface area contributed by atoms with Crippen LogP contribution in [0.25, 0.3) is 6.08 Å². The van der Waals surface area contributed by atoms with E-state index in [1.54, 1.807) is 35.7 Å². The average Bonchev–Trinajstić information content (AvgIpc) is 2.74. The molecule has 0 aliphatic rings. The molecule has 0 bridgehead atoms. The monoisotopic (exact) mass is 245 g/mol. The number of carbonyl (C=O) groups is 1. The number of rotatable bonds is 3. The van der Waals surface area contributed by atoms with Crippen molar-refractivity contribution < 1.29 is 4.79 Å². The first kappa shape index (κ1) is 11.5. The molecule has 0 unspecified atom stereocenters. The molecule has 0 spiro atoms. The molecular formula is C12H11N3OS. The largest absolute Gasteiger partial charge is 0.307 e. The quantitative estimate of drug-likeness (QED) is 0.845. The summed E-state index contributed by atoms with van der Waals surface area (Å²) in [5, 5.41) is 5.54. The van der Waals surface area contributed by atoms with Crippen LogP contribution in [-0.2, 0) is 4.79 Å². The number of nitrogens with zero attached hydrogens (tertiary/aromatic N) is 2. The van der Waals surface area contributed by atoms with Gasteiger partial charge >= 0.3 is 0 Å². The number of nitrogens with one attached hydrogen (secondary N) is 1. The van der Waals surface area contributed by atoms with E-state index in [1.807, 2.05) is 18.4 Å². The van der Waals surface area contributed by atoms with E-state index in [1.165, 1.54) is 6.08 Å². The number of anilines is 1. The molecule has 0 aliphatic heterocycles. The Kier molecular flexibility index (Phi) is 3.62. The van der Waals surface area contributed by atoms with Gasteiger partial charge in [-0.2, -0.15) is 0 Å². The van der Waals surface area contributed by atoms with Gasteiger partial charge in [0.25, 0.3) is 0 Å². The van der Waals surface area contributed by atoms with Crippen molar-refractivity contribution in [1.82, 2.24) is 9.97 Å². The third-order valence-electron chi connectivity index (χ3n) is 1.96. The molecule has 86 valence electrons. The zero-order valence-corrected chi connectivity index (χ0v) is 10.1. The van der Waals surface area contributed by atoms with Crippen LogP contribution in [0, 0.1) is 6.92 Å². The number of aromatic nitrogens is 2. The Labute approximate surface area is 103 Å². The predicted molar refractivity (Wildman–Crippen MR) is 68.8 cm³/mol. The Morgan fingerprint density at radius 2 is 2.35 bits per heavy atom. The summed E-state index contributed by atoms with van der Waals surface area (Å²) in [6.07, 6.45) is 4.76. The first-order chi connectivity index (χ1) is 8.24. The van der Waals surface area contributed by atoms with E-state index in [0.29, 0.717) is 5.82 Å². The molecule has 0 aliphatic carbocycles. The molecule has 2 heterocycles. The van der Waals surface area contributed by atoms with E-state index < -0.39 is 0 Å². The first-order valence-electron chi connectivity index (χ1n) is 5.06. The second-order valence-electron chi connectivity index (χ2n) is 3.33. The van der Waals surface area contributed by atoms with Gasteiger partial charge in [0.2, 0.25) is 5.91 Å². The van der Waals surface area contributed by atoms with Gasteiger partial charge < -0.3 is 5.32 Å². The van der Waals surface area contributed by atoms with Gasteiger partial charge in [-0.3, -0.25) is 4.79 Å². The Morgan fingerprint density at radius 3 is 3.00 bits per heavy atom. The van der Waals surface area contributed by atoms with Crippen LogP contribution in [0.1, 0.15) is 10.7 Å². The molecule has 0 atom stereocenters. The zero-order valence-electron chi connectivity index (χ0n) is 9.25. The van der Waals surface area contributed by atoms with Crippen LogP contribution in [-0.4, -0.2) is 15.9 Å². The highest BCUT2D eigenvalue weighted by molar-refractivity contribution is 7.09. The minimum Gasteiger partial charge on any atom is -0.307 e. The van der Waals surface area contributed by atoms with Crippen LogP contribution in [0.5, 0.6) is 0 Å². The molecule has 17 heavy (non-hydrogen) atoms. The number of aryl methyl sites for hydroxylation is 1. The van der Waals surface area contributed by atoms with Crippen molar-refractivity contribution in [2.75, 3.05) is 5.32 Å². The molecule has 0 saturated heterocycles. The van der Waals surface area contributed by atoms with Crippen molar-refractivity contribution in [3.63, 3.8) is 0 Å². The van der Waals surface area contributed by atoms with E-state index >= 15 is 0 Å². The molecule has 5 heteroatoms. The third kappa shape index (κ3) is 3.49. The van der Waals surface area contributed by atoms with Gasteiger partial charge in [-0.1, -0.05) is 6.07 Å². The first-order valence-corrected chi connectivity index (χ1v) is 5.94. The third-order valence-corrected chi connectivity index (χ3v) is 2.75. The van der Waals surface area contributed by atoms with Crippen LogP contribution in [0.2, 0.25) is 0 Å². The summed E-state index contributed by atoms with van der Waals surface area (Å²) < 4.78 is 0. The lowest BCUT2D eigenvalue weighted by molar-refractivity contribution is -0.111. The SMILES string of the molecule is Cc1nc(C=CC(=O)Nc2ccccn2)cs1. The molecule has 2 rings (SSSR count). The Bertz CT molecular complexity index is 534. The molecule has 4 nitrogen and oxygen atoms in total. The standard InChI is InChI=1S/C12H11N3OS/c1-9-14-10(8-17-9)5-6-12(16)15-11-4-2-3-7-13-11/h2-8H,1H3,(H,13,15,16). The molecule has 0 saturated carbocycles. The maximum Gasteiger partial charge on any atom is 0.249 e. The lowest BCUT2D eigenvalue weighted by Gasteiger charge is -1.98. The molecule has 0 aromatic carbocycles. The van der Waals surface area contributed by atoms with Gasteiger partial charge in [0.05, 0.1) is 10.7 Å². The van der Waals surface area contributed by atoms with Gasteiger partial charge in [0.1, 0.15) is 5.82 Å². The van der Waals surface area contributed by atoms with Crippen LogP contribution in [0.4, 0.5) is 5.82 Å². The fourth-order valence-electron chi connectivity index (χ4n) is 1.22. The number of amides is 1. The van der Waals surface area contributed by atoms with E-state index in [2.05, 4.69) is 15.3 Å². The fraction of sp³-hybridized carbons (Fsp3) is 0.0833. The highest BCUT2D eigenvalue weighted by Crippen LogP contribution is 2.09. The van der Waals surface area contributed by atoms with E-state index in [0.717, 1.165) is 10.7 Å². The van der Waals surface area contributed by atoms with Gasteiger partial charge in [-0.15, -0.1) is 11.3 Å². The highest BCUT2D eigenvalue weighted by atomic mass is 32.1. The van der Waals surface area contributed by atoms with Crippen molar-refractivity contribution in [2.45, 2.75) is 6.92 Å². The molecule has 1 N–H and O–H groups in total. The van der Waals surface area contributed by atoms with Crippen LogP contribution < -0.4 is 5.32 Å². The topological polar surface area (TPSA) is 54.9 Å². The highest BCUT2D eigenvalue weighted by Gasteiger charge is 1.98. The lowest BCUT2D eigenvalue weighted by atomic mass is 10.4. The second-order valence-corrected chi connectivity index (χ2v) is 4.39. The molecule has 0 fully saturated rings. The number of pyridine rings is 1. The summed E-state index contributed by atoms with van der Waals surface area (Å²) in [4.78, 5) is 19.8. The van der Waals surface area contributed by atoms with E-state index in [-0.39, 0.29) is 5.91 Å². The Hall–Kier alpha value is -2.01. The summed E-state index contributed by atoms with van der Waals surface area (Å²) in [7, 11) is 0. The van der Waals surface area contributed by atoms with Gasteiger partial charge in [-0.25, -0.2) is 9.97 Å². The van der Waals surface area contributed by atoms with Crippen molar-refractivity contribution in [3.8, 4) is 0 Å². The predicted octanol–water partition coefficient (Wildman–Crippen LogP) is 2.50. The maximum atomic E-state index is 11.5. The van der Waals surface area contributed by atoms with Gasteiger partial charge in [0, 0.05) is 17.7 Å². The summed E-state index contributed by atoms with van der Waals surface area (Å²) in [6, 6.07) is 5.35. The molecule has 2 aromatic heterocycles. The Balaban J connectivity index is 1.96.